The lowest BCUT2D eigenvalue weighted by Crippen LogP contribution is -2.11. The van der Waals surface area contributed by atoms with Crippen molar-refractivity contribution in [2.75, 3.05) is 25.6 Å². The van der Waals surface area contributed by atoms with E-state index in [1.807, 2.05) is 31.2 Å². The highest BCUT2D eigenvalue weighted by Crippen LogP contribution is 2.32. The van der Waals surface area contributed by atoms with E-state index in [0.717, 1.165) is 5.56 Å². The van der Waals surface area contributed by atoms with Crippen LogP contribution in [0.3, 0.4) is 0 Å². The highest BCUT2D eigenvalue weighted by molar-refractivity contribution is 7.91. The number of rotatable bonds is 7. The number of aryl methyl sites for hydroxylation is 1. The van der Waals surface area contributed by atoms with Gasteiger partial charge in [0.15, 0.2) is 0 Å². The number of nitrogens with one attached hydrogen (secondary N) is 1. The SMILES string of the molecule is COCCNc1oc(-c2cccc(C)c2)nc1S(=O)(=O)c1ccccc1. The number of benzene rings is 2. The molecule has 2 aromatic carbocycles. The molecule has 0 spiro atoms. The summed E-state index contributed by atoms with van der Waals surface area (Å²) in [6.45, 7) is 2.76. The quantitative estimate of drug-likeness (QED) is 0.639. The third kappa shape index (κ3) is 3.79. The van der Waals surface area contributed by atoms with Crippen LogP contribution in [0, 0.1) is 6.92 Å². The smallest absolute Gasteiger partial charge is 0.233 e. The van der Waals surface area contributed by atoms with Crippen LogP contribution in [0.25, 0.3) is 11.5 Å². The average Bonchev–Trinajstić information content (AvgIpc) is 3.08. The second-order valence-electron chi connectivity index (χ2n) is 5.76. The molecule has 136 valence electrons. The van der Waals surface area contributed by atoms with Crippen LogP contribution in [0.2, 0.25) is 0 Å². The van der Waals surface area contributed by atoms with Crippen molar-refractivity contribution < 1.29 is 17.6 Å². The molecular weight excluding hydrogens is 352 g/mol. The minimum absolute atomic E-state index is 0.113. The van der Waals surface area contributed by atoms with Crippen molar-refractivity contribution in [3.8, 4) is 11.5 Å². The fourth-order valence-corrected chi connectivity index (χ4v) is 3.78. The van der Waals surface area contributed by atoms with Crippen molar-refractivity contribution in [3.05, 3.63) is 60.2 Å². The number of hydrogen-bond donors (Lipinski definition) is 1. The van der Waals surface area contributed by atoms with Gasteiger partial charge in [-0.15, -0.1) is 0 Å². The highest BCUT2D eigenvalue weighted by Gasteiger charge is 2.28. The number of anilines is 1. The van der Waals surface area contributed by atoms with Gasteiger partial charge in [0, 0.05) is 19.2 Å². The minimum Gasteiger partial charge on any atom is -0.419 e. The first-order valence-electron chi connectivity index (χ1n) is 8.13. The van der Waals surface area contributed by atoms with Crippen LogP contribution in [-0.4, -0.2) is 33.7 Å². The molecular formula is C19H20N2O4S. The van der Waals surface area contributed by atoms with Crippen LogP contribution in [0.1, 0.15) is 5.56 Å². The van der Waals surface area contributed by atoms with Crippen LogP contribution < -0.4 is 5.32 Å². The van der Waals surface area contributed by atoms with Crippen LogP contribution >= 0.6 is 0 Å². The molecule has 0 aliphatic heterocycles. The third-order valence-electron chi connectivity index (χ3n) is 3.76. The van der Waals surface area contributed by atoms with Gasteiger partial charge in [-0.25, -0.2) is 8.42 Å². The Labute approximate surface area is 152 Å². The molecule has 1 aromatic heterocycles. The highest BCUT2D eigenvalue weighted by atomic mass is 32.2. The Morgan fingerprint density at radius 3 is 2.58 bits per heavy atom. The Morgan fingerprint density at radius 1 is 1.12 bits per heavy atom. The zero-order valence-corrected chi connectivity index (χ0v) is 15.4. The fourth-order valence-electron chi connectivity index (χ4n) is 2.48. The van der Waals surface area contributed by atoms with Gasteiger partial charge in [0.25, 0.3) is 0 Å². The lowest BCUT2D eigenvalue weighted by molar-refractivity contribution is 0.210. The maximum absolute atomic E-state index is 13.0. The Balaban J connectivity index is 2.07. The average molecular weight is 372 g/mol. The molecule has 3 rings (SSSR count). The van der Waals surface area contributed by atoms with Gasteiger partial charge in [0.05, 0.1) is 11.5 Å². The number of aromatic nitrogens is 1. The van der Waals surface area contributed by atoms with E-state index in [2.05, 4.69) is 10.3 Å². The fraction of sp³-hybridized carbons (Fsp3) is 0.211. The molecule has 0 saturated heterocycles. The monoisotopic (exact) mass is 372 g/mol. The minimum atomic E-state index is -3.81. The first-order valence-corrected chi connectivity index (χ1v) is 9.61. The predicted molar refractivity (Wildman–Crippen MR) is 98.9 cm³/mol. The molecule has 0 bridgehead atoms. The molecule has 1 N–H and O–H groups in total. The summed E-state index contributed by atoms with van der Waals surface area (Å²) in [6, 6.07) is 15.7. The van der Waals surface area contributed by atoms with Gasteiger partial charge in [-0.2, -0.15) is 4.98 Å². The Bertz CT molecular complexity index is 982. The lowest BCUT2D eigenvalue weighted by atomic mass is 10.1. The van der Waals surface area contributed by atoms with Crippen molar-refractivity contribution in [1.82, 2.24) is 4.98 Å². The molecule has 3 aromatic rings. The zero-order chi connectivity index (χ0) is 18.6. The van der Waals surface area contributed by atoms with E-state index in [0.29, 0.717) is 18.7 Å². The van der Waals surface area contributed by atoms with Gasteiger partial charge < -0.3 is 14.5 Å². The second kappa shape index (κ2) is 7.72. The standard InChI is InChI=1S/C19H20N2O4S/c1-14-7-6-8-15(13-14)17-21-19(18(25-17)20-11-12-24-2)26(22,23)16-9-4-3-5-10-16/h3-10,13,20H,11-12H2,1-2H3. The number of oxazole rings is 1. The largest absolute Gasteiger partial charge is 0.419 e. The van der Waals surface area contributed by atoms with Gasteiger partial charge in [0.2, 0.25) is 26.6 Å². The number of methoxy groups -OCH3 is 1. The molecule has 7 heteroatoms. The molecule has 0 radical (unpaired) electrons. The van der Waals surface area contributed by atoms with Crippen molar-refractivity contribution in [1.29, 1.82) is 0 Å². The number of nitrogens with zero attached hydrogens (tertiary/aromatic N) is 1. The number of sulfone groups is 1. The van der Waals surface area contributed by atoms with E-state index in [9.17, 15) is 8.42 Å². The summed E-state index contributed by atoms with van der Waals surface area (Å²) in [7, 11) is -2.24. The molecule has 0 atom stereocenters. The van der Waals surface area contributed by atoms with Gasteiger partial charge >= 0.3 is 0 Å². The summed E-state index contributed by atoms with van der Waals surface area (Å²) < 4.78 is 36.8. The van der Waals surface area contributed by atoms with E-state index < -0.39 is 9.84 Å². The molecule has 0 fully saturated rings. The van der Waals surface area contributed by atoms with Crippen LogP contribution in [0.15, 0.2) is 68.9 Å². The number of hydrogen-bond acceptors (Lipinski definition) is 6. The van der Waals surface area contributed by atoms with E-state index in [1.165, 1.54) is 12.1 Å². The zero-order valence-electron chi connectivity index (χ0n) is 14.6. The molecule has 26 heavy (non-hydrogen) atoms. The Kier molecular flexibility index (Phi) is 5.39. The van der Waals surface area contributed by atoms with E-state index >= 15 is 0 Å². The van der Waals surface area contributed by atoms with Crippen molar-refractivity contribution >= 4 is 15.7 Å². The summed E-state index contributed by atoms with van der Waals surface area (Å²) in [5.74, 6) is 0.366. The molecule has 0 aliphatic carbocycles. The van der Waals surface area contributed by atoms with Gasteiger partial charge in [-0.3, -0.25) is 0 Å². The van der Waals surface area contributed by atoms with Crippen molar-refractivity contribution in [3.63, 3.8) is 0 Å². The normalized spacial score (nSPS) is 11.5. The predicted octanol–water partition coefficient (Wildman–Crippen LogP) is 3.54. The van der Waals surface area contributed by atoms with Crippen LogP contribution in [-0.2, 0) is 14.6 Å². The lowest BCUT2D eigenvalue weighted by Gasteiger charge is -2.05. The summed E-state index contributed by atoms with van der Waals surface area (Å²) >= 11 is 0. The van der Waals surface area contributed by atoms with Gasteiger partial charge in [-0.1, -0.05) is 35.9 Å². The van der Waals surface area contributed by atoms with E-state index in [1.54, 1.807) is 25.3 Å². The molecule has 0 amide bonds. The maximum Gasteiger partial charge on any atom is 0.233 e. The first kappa shape index (κ1) is 18.2. The summed E-state index contributed by atoms with van der Waals surface area (Å²) in [4.78, 5) is 4.46. The molecule has 1 heterocycles. The van der Waals surface area contributed by atoms with Crippen LogP contribution in [0.4, 0.5) is 5.88 Å². The molecule has 0 aliphatic rings. The maximum atomic E-state index is 13.0. The summed E-state index contributed by atoms with van der Waals surface area (Å²) in [6.07, 6.45) is 0. The summed E-state index contributed by atoms with van der Waals surface area (Å²) in [5.41, 5.74) is 1.75. The second-order valence-corrected chi connectivity index (χ2v) is 7.62. The Hall–Kier alpha value is -2.64. The molecule has 6 nitrogen and oxygen atoms in total. The van der Waals surface area contributed by atoms with E-state index in [4.69, 9.17) is 9.15 Å². The third-order valence-corrected chi connectivity index (χ3v) is 5.44. The first-order chi connectivity index (χ1) is 12.5. The van der Waals surface area contributed by atoms with Gasteiger partial charge in [-0.05, 0) is 31.2 Å². The van der Waals surface area contributed by atoms with Gasteiger partial charge in [0.1, 0.15) is 0 Å². The Morgan fingerprint density at radius 2 is 1.88 bits per heavy atom. The van der Waals surface area contributed by atoms with E-state index in [-0.39, 0.29) is 21.7 Å². The van der Waals surface area contributed by atoms with Crippen molar-refractivity contribution in [2.24, 2.45) is 0 Å². The summed E-state index contributed by atoms with van der Waals surface area (Å²) in [5, 5.41) is 2.83. The molecule has 0 unspecified atom stereocenters. The van der Waals surface area contributed by atoms with Crippen LogP contribution in [0.5, 0.6) is 0 Å². The van der Waals surface area contributed by atoms with Crippen molar-refractivity contribution in [2.45, 2.75) is 16.8 Å². The topological polar surface area (TPSA) is 81.4 Å². The molecule has 0 saturated carbocycles. The number of ether oxygens (including phenoxy) is 1.